The maximum absolute atomic E-state index is 12.4. The summed E-state index contributed by atoms with van der Waals surface area (Å²) >= 11 is 0. The molecule has 1 fully saturated rings. The van der Waals surface area contributed by atoms with E-state index in [0.29, 0.717) is 6.54 Å². The first-order chi connectivity index (χ1) is 8.76. The molecule has 0 aromatic heterocycles. The first-order valence-electron chi connectivity index (χ1n) is 5.91. The van der Waals surface area contributed by atoms with Gasteiger partial charge >= 0.3 is 0 Å². The van der Waals surface area contributed by atoms with Crippen molar-refractivity contribution < 1.29 is 16.8 Å². The van der Waals surface area contributed by atoms with Crippen LogP contribution < -0.4 is 5.14 Å². The molecule has 6 nitrogen and oxygen atoms in total. The molecule has 1 aromatic carbocycles. The average Bonchev–Trinajstić information content (AvgIpc) is 3.13. The van der Waals surface area contributed by atoms with Gasteiger partial charge in [0.2, 0.25) is 20.0 Å². The molecule has 0 bridgehead atoms. The minimum Gasteiger partial charge on any atom is -0.225 e. The summed E-state index contributed by atoms with van der Waals surface area (Å²) in [6.45, 7) is 2.19. The molecular weight excluding hydrogens is 288 g/mol. The second-order valence-electron chi connectivity index (χ2n) is 4.46. The van der Waals surface area contributed by atoms with Crippen molar-refractivity contribution in [1.29, 1.82) is 0 Å². The van der Waals surface area contributed by atoms with Crippen molar-refractivity contribution in [2.24, 2.45) is 5.14 Å². The predicted molar refractivity (Wildman–Crippen MR) is 70.4 cm³/mol. The normalized spacial score (nSPS) is 16.8. The van der Waals surface area contributed by atoms with Crippen LogP contribution in [0.15, 0.2) is 34.1 Å². The van der Waals surface area contributed by atoms with Crippen molar-refractivity contribution in [1.82, 2.24) is 4.31 Å². The number of primary sulfonamides is 1. The Labute approximate surface area is 113 Å². The van der Waals surface area contributed by atoms with Gasteiger partial charge in [0.1, 0.15) is 0 Å². The molecule has 0 spiro atoms. The molecule has 0 heterocycles. The van der Waals surface area contributed by atoms with Gasteiger partial charge < -0.3 is 0 Å². The molecule has 2 rings (SSSR count). The van der Waals surface area contributed by atoms with E-state index in [2.05, 4.69) is 0 Å². The molecule has 0 unspecified atom stereocenters. The number of nitrogens with zero attached hydrogens (tertiary/aromatic N) is 1. The highest BCUT2D eigenvalue weighted by atomic mass is 32.2. The third kappa shape index (κ3) is 2.97. The molecule has 1 aromatic rings. The fourth-order valence-electron chi connectivity index (χ4n) is 1.92. The van der Waals surface area contributed by atoms with Crippen LogP contribution in [0.2, 0.25) is 0 Å². The standard InChI is InChI=1S/C11H16N2O4S2/c1-2-13(9-3-4-9)19(16,17)11-7-5-10(6-8-11)18(12,14)15/h5-9H,2-4H2,1H3,(H2,12,14,15). The molecule has 19 heavy (non-hydrogen) atoms. The molecule has 0 aliphatic heterocycles. The third-order valence-electron chi connectivity index (χ3n) is 3.02. The summed E-state index contributed by atoms with van der Waals surface area (Å²) in [6.07, 6.45) is 1.75. The summed E-state index contributed by atoms with van der Waals surface area (Å²) in [5.41, 5.74) is 0. The lowest BCUT2D eigenvalue weighted by atomic mass is 10.4. The van der Waals surface area contributed by atoms with Crippen molar-refractivity contribution in [2.75, 3.05) is 6.54 Å². The molecule has 0 amide bonds. The van der Waals surface area contributed by atoms with E-state index in [4.69, 9.17) is 5.14 Å². The zero-order valence-electron chi connectivity index (χ0n) is 10.5. The summed E-state index contributed by atoms with van der Waals surface area (Å²) in [5, 5.41) is 4.97. The molecule has 8 heteroatoms. The lowest BCUT2D eigenvalue weighted by molar-refractivity contribution is 0.421. The second-order valence-corrected chi connectivity index (χ2v) is 7.91. The van der Waals surface area contributed by atoms with E-state index in [1.165, 1.54) is 28.6 Å². The highest BCUT2D eigenvalue weighted by Gasteiger charge is 2.36. The van der Waals surface area contributed by atoms with Crippen molar-refractivity contribution in [3.63, 3.8) is 0 Å². The van der Waals surface area contributed by atoms with Crippen LogP contribution in [0.25, 0.3) is 0 Å². The van der Waals surface area contributed by atoms with Crippen LogP contribution in [0, 0.1) is 0 Å². The summed E-state index contributed by atoms with van der Waals surface area (Å²) < 4.78 is 48.4. The van der Waals surface area contributed by atoms with Gasteiger partial charge in [-0.15, -0.1) is 0 Å². The molecule has 2 N–H and O–H groups in total. The van der Waals surface area contributed by atoms with Crippen molar-refractivity contribution >= 4 is 20.0 Å². The lowest BCUT2D eigenvalue weighted by Gasteiger charge is -2.19. The highest BCUT2D eigenvalue weighted by molar-refractivity contribution is 7.89. The number of sulfonamides is 2. The van der Waals surface area contributed by atoms with Gasteiger partial charge in [0.25, 0.3) is 0 Å². The number of hydrogen-bond acceptors (Lipinski definition) is 4. The van der Waals surface area contributed by atoms with E-state index in [9.17, 15) is 16.8 Å². The van der Waals surface area contributed by atoms with Gasteiger partial charge in [-0.2, -0.15) is 4.31 Å². The van der Waals surface area contributed by atoms with E-state index in [0.717, 1.165) is 12.8 Å². The van der Waals surface area contributed by atoms with Crippen LogP contribution in [-0.2, 0) is 20.0 Å². The number of benzene rings is 1. The topological polar surface area (TPSA) is 97.5 Å². The van der Waals surface area contributed by atoms with Crippen LogP contribution in [0.3, 0.4) is 0 Å². The average molecular weight is 304 g/mol. The van der Waals surface area contributed by atoms with Crippen LogP contribution >= 0.6 is 0 Å². The van der Waals surface area contributed by atoms with Gasteiger partial charge in [-0.1, -0.05) is 6.92 Å². The van der Waals surface area contributed by atoms with E-state index in [1.54, 1.807) is 6.92 Å². The van der Waals surface area contributed by atoms with E-state index >= 15 is 0 Å². The summed E-state index contributed by atoms with van der Waals surface area (Å²) in [5.74, 6) is 0. The van der Waals surface area contributed by atoms with Gasteiger partial charge in [0.15, 0.2) is 0 Å². The Balaban J connectivity index is 2.36. The van der Waals surface area contributed by atoms with E-state index < -0.39 is 20.0 Å². The number of hydrogen-bond donors (Lipinski definition) is 1. The Kier molecular flexibility index (Phi) is 3.69. The summed E-state index contributed by atoms with van der Waals surface area (Å²) in [6, 6.07) is 5.06. The van der Waals surface area contributed by atoms with Crippen LogP contribution in [0.4, 0.5) is 0 Å². The minimum absolute atomic E-state index is 0.0768. The lowest BCUT2D eigenvalue weighted by Crippen LogP contribution is -2.32. The third-order valence-corrected chi connectivity index (χ3v) is 6.00. The molecule has 1 aliphatic carbocycles. The Bertz CT molecular complexity index is 661. The Morgan fingerprint density at radius 3 is 1.95 bits per heavy atom. The summed E-state index contributed by atoms with van der Waals surface area (Å²) in [4.78, 5) is -0.00503. The maximum Gasteiger partial charge on any atom is 0.243 e. The molecule has 106 valence electrons. The maximum atomic E-state index is 12.4. The largest absolute Gasteiger partial charge is 0.243 e. The fourth-order valence-corrected chi connectivity index (χ4v) is 4.13. The summed E-state index contributed by atoms with van der Waals surface area (Å²) in [7, 11) is -7.36. The molecule has 1 aliphatic rings. The molecule has 1 saturated carbocycles. The minimum atomic E-state index is -3.80. The molecular formula is C11H16N2O4S2. The predicted octanol–water partition coefficient (Wildman–Crippen LogP) is 0.507. The quantitative estimate of drug-likeness (QED) is 0.856. The number of rotatable bonds is 5. The Hall–Kier alpha value is -0.960. The zero-order chi connectivity index (χ0) is 14.3. The molecule has 0 saturated heterocycles. The van der Waals surface area contributed by atoms with Gasteiger partial charge in [-0.3, -0.25) is 0 Å². The van der Waals surface area contributed by atoms with E-state index in [1.807, 2.05) is 0 Å². The van der Waals surface area contributed by atoms with Crippen LogP contribution in [0.5, 0.6) is 0 Å². The van der Waals surface area contributed by atoms with Gasteiger partial charge in [-0.25, -0.2) is 22.0 Å². The van der Waals surface area contributed by atoms with Gasteiger partial charge in [0.05, 0.1) is 9.79 Å². The first-order valence-corrected chi connectivity index (χ1v) is 8.90. The van der Waals surface area contributed by atoms with Crippen LogP contribution in [0.1, 0.15) is 19.8 Å². The highest BCUT2D eigenvalue weighted by Crippen LogP contribution is 2.31. The monoisotopic (exact) mass is 304 g/mol. The smallest absolute Gasteiger partial charge is 0.225 e. The van der Waals surface area contributed by atoms with Crippen molar-refractivity contribution in [2.45, 2.75) is 35.6 Å². The molecule has 0 radical (unpaired) electrons. The second kappa shape index (κ2) is 4.86. The van der Waals surface area contributed by atoms with Crippen molar-refractivity contribution in [3.05, 3.63) is 24.3 Å². The van der Waals surface area contributed by atoms with Crippen molar-refractivity contribution in [3.8, 4) is 0 Å². The zero-order valence-corrected chi connectivity index (χ0v) is 12.1. The van der Waals surface area contributed by atoms with Crippen LogP contribution in [-0.4, -0.2) is 33.7 Å². The SMILES string of the molecule is CCN(C1CC1)S(=O)(=O)c1ccc(S(N)(=O)=O)cc1. The number of nitrogens with two attached hydrogens (primary N) is 1. The van der Waals surface area contributed by atoms with Gasteiger partial charge in [0, 0.05) is 12.6 Å². The molecule has 0 atom stereocenters. The fraction of sp³-hybridized carbons (Fsp3) is 0.455. The first kappa shape index (κ1) is 14.4. The van der Waals surface area contributed by atoms with E-state index in [-0.39, 0.29) is 15.8 Å². The van der Waals surface area contributed by atoms with Gasteiger partial charge in [-0.05, 0) is 37.1 Å². The Morgan fingerprint density at radius 1 is 1.11 bits per heavy atom. The Morgan fingerprint density at radius 2 is 1.58 bits per heavy atom.